The summed E-state index contributed by atoms with van der Waals surface area (Å²) in [4.78, 5) is 0. The Kier molecular flexibility index (Phi) is 28.1. The molecule has 0 radical (unpaired) electrons. The van der Waals surface area contributed by atoms with Gasteiger partial charge in [0.2, 0.25) is 0 Å². The van der Waals surface area contributed by atoms with Gasteiger partial charge in [-0.15, -0.1) is 0 Å². The van der Waals surface area contributed by atoms with Crippen molar-refractivity contribution in [3.05, 3.63) is 359 Å². The first-order valence-corrected chi connectivity index (χ1v) is 35.9. The van der Waals surface area contributed by atoms with Crippen LogP contribution in [0.3, 0.4) is 0 Å². The van der Waals surface area contributed by atoms with Crippen LogP contribution in [-0.2, 0) is 137 Å². The standard InChI is InChI=1S/C88H92O16/c89-86-83(97-58-71-45-25-8-26-46-71)80(94-55-68-39-19-5-20-40-68)78(92-53-66-35-15-3-16-36-66)75(102-86)62-100-88-85(99-60-73-49-29-10-30-50-73)82(96-57-70-43-23-7-24-44-70)79(93-54-67-37-17-4-18-38-67)76(104-88)63-101-87-84(98-59-72-47-27-9-28-48-72)81(95-56-69-41-21-6-22-42-69)77(91-52-65-33-13-2-14-34-65)74(103-87)61-90-51-64-31-11-1-12-32-64/h1-50,74-89H,51-63H2/t74-,75-,76-,77-,78-,79-,80+,81+,82+,83-,84-,85-,86+,87-,88-/m1/s1. The number of aliphatic hydroxyl groups excluding tert-OH is 1. The maximum Gasteiger partial charge on any atom is 0.187 e. The highest BCUT2D eigenvalue weighted by atomic mass is 16.8. The van der Waals surface area contributed by atoms with Gasteiger partial charge in [0.15, 0.2) is 18.9 Å². The van der Waals surface area contributed by atoms with Gasteiger partial charge in [-0.05, 0) is 55.6 Å². The van der Waals surface area contributed by atoms with E-state index in [1.54, 1.807) is 0 Å². The third-order valence-corrected chi connectivity index (χ3v) is 18.6. The smallest absolute Gasteiger partial charge is 0.187 e. The number of hydrogen-bond acceptors (Lipinski definition) is 16. The maximum atomic E-state index is 12.4. The molecule has 0 saturated carbocycles. The van der Waals surface area contributed by atoms with Crippen LogP contribution in [0.5, 0.6) is 0 Å². The van der Waals surface area contributed by atoms with Crippen LogP contribution < -0.4 is 0 Å². The Morgan fingerprint density at radius 1 is 0.192 bits per heavy atom. The van der Waals surface area contributed by atoms with E-state index >= 15 is 0 Å². The van der Waals surface area contributed by atoms with Crippen LogP contribution in [0, 0.1) is 0 Å². The Morgan fingerprint density at radius 3 is 0.644 bits per heavy atom. The summed E-state index contributed by atoms with van der Waals surface area (Å²) in [6.07, 6.45) is -14.6. The first-order valence-electron chi connectivity index (χ1n) is 35.9. The summed E-state index contributed by atoms with van der Waals surface area (Å²) in [6, 6.07) is 99.5. The normalized spacial score (nSPS) is 24.8. The van der Waals surface area contributed by atoms with Gasteiger partial charge in [-0.3, -0.25) is 0 Å². The number of benzene rings is 10. The molecule has 0 aliphatic carbocycles. The Morgan fingerprint density at radius 2 is 0.385 bits per heavy atom. The van der Waals surface area contributed by atoms with E-state index in [2.05, 4.69) is 0 Å². The Bertz CT molecular complexity index is 3960. The molecule has 540 valence electrons. The molecule has 3 fully saturated rings. The van der Waals surface area contributed by atoms with E-state index in [-0.39, 0.29) is 79.3 Å². The van der Waals surface area contributed by atoms with Gasteiger partial charge in [-0.25, -0.2) is 0 Å². The van der Waals surface area contributed by atoms with E-state index in [0.29, 0.717) is 6.61 Å². The first kappa shape index (κ1) is 73.9. The second-order valence-corrected chi connectivity index (χ2v) is 26.2. The Hall–Kier alpha value is -8.44. The lowest BCUT2D eigenvalue weighted by atomic mass is 9.96. The quantitative estimate of drug-likeness (QED) is 0.0392. The zero-order valence-corrected chi connectivity index (χ0v) is 58.3. The Balaban J connectivity index is 0.872. The highest BCUT2D eigenvalue weighted by Gasteiger charge is 2.54. The van der Waals surface area contributed by atoms with Crippen molar-refractivity contribution in [3.8, 4) is 0 Å². The lowest BCUT2D eigenvalue weighted by molar-refractivity contribution is -0.361. The predicted molar refractivity (Wildman–Crippen MR) is 391 cm³/mol. The van der Waals surface area contributed by atoms with Crippen molar-refractivity contribution in [1.29, 1.82) is 0 Å². The van der Waals surface area contributed by atoms with E-state index in [1.165, 1.54) is 0 Å². The zero-order chi connectivity index (χ0) is 70.6. The number of hydrogen-bond donors (Lipinski definition) is 1. The lowest BCUT2D eigenvalue weighted by Crippen LogP contribution is -2.64. The van der Waals surface area contributed by atoms with Crippen LogP contribution >= 0.6 is 0 Å². The van der Waals surface area contributed by atoms with Gasteiger partial charge in [-0.2, -0.15) is 0 Å². The van der Waals surface area contributed by atoms with E-state index in [0.717, 1.165) is 55.6 Å². The molecule has 0 amide bonds. The summed E-state index contributed by atoms with van der Waals surface area (Å²) in [5.74, 6) is 0. The molecule has 0 aromatic heterocycles. The molecule has 0 unspecified atom stereocenters. The van der Waals surface area contributed by atoms with Gasteiger partial charge in [-0.1, -0.05) is 303 Å². The molecule has 3 aliphatic heterocycles. The van der Waals surface area contributed by atoms with Crippen LogP contribution in [0.25, 0.3) is 0 Å². The molecule has 0 spiro atoms. The van der Waals surface area contributed by atoms with Crippen LogP contribution in [-0.4, -0.2) is 117 Å². The van der Waals surface area contributed by atoms with Crippen LogP contribution in [0.4, 0.5) is 0 Å². The van der Waals surface area contributed by atoms with Gasteiger partial charge in [0, 0.05) is 0 Å². The van der Waals surface area contributed by atoms with Gasteiger partial charge < -0.3 is 76.2 Å². The SMILES string of the molecule is O[C@H]1O[C@H](CO[C@@H]2O[C@H](CO[C@@H]3O[C@H](COCc4ccccc4)[C@@H](OCc4ccccc4)[C@H](OCc4ccccc4)[C@H]3OCc3ccccc3)[C@@H](OCc3ccccc3)[C@H](OCc3ccccc3)[C@H]2OCc2ccccc2)[C@@H](OCc2ccccc2)[C@H](OCc2ccccc2)[C@H]1OCc1ccccc1. The molecule has 10 aromatic rings. The predicted octanol–water partition coefficient (Wildman–Crippen LogP) is 14.7. The molecular formula is C88H92O16. The van der Waals surface area contributed by atoms with Crippen LogP contribution in [0.15, 0.2) is 303 Å². The van der Waals surface area contributed by atoms with Crippen molar-refractivity contribution in [2.45, 2.75) is 158 Å². The topological polar surface area (TPSA) is 159 Å². The minimum atomic E-state index is -1.50. The van der Waals surface area contributed by atoms with Gasteiger partial charge in [0.05, 0.1) is 85.9 Å². The molecule has 16 nitrogen and oxygen atoms in total. The highest BCUT2D eigenvalue weighted by molar-refractivity contribution is 5.22. The van der Waals surface area contributed by atoms with Crippen LogP contribution in [0.2, 0.25) is 0 Å². The van der Waals surface area contributed by atoms with E-state index < -0.39 is 92.1 Å². The summed E-state index contributed by atoms with van der Waals surface area (Å²) in [6.45, 7) is 1.69. The molecule has 10 aromatic carbocycles. The van der Waals surface area contributed by atoms with Crippen molar-refractivity contribution in [3.63, 3.8) is 0 Å². The Labute approximate surface area is 610 Å². The first-order chi connectivity index (χ1) is 51.5. The molecule has 15 atom stereocenters. The van der Waals surface area contributed by atoms with Crippen molar-refractivity contribution in [2.75, 3.05) is 19.8 Å². The average molecular weight is 1410 g/mol. The average Bonchev–Trinajstić information content (AvgIpc) is 0.789. The third kappa shape index (κ3) is 21.6. The van der Waals surface area contributed by atoms with Gasteiger partial charge >= 0.3 is 0 Å². The third-order valence-electron chi connectivity index (χ3n) is 18.6. The van der Waals surface area contributed by atoms with E-state index in [1.807, 2.05) is 303 Å². The largest absolute Gasteiger partial charge is 0.374 e. The summed E-state index contributed by atoms with van der Waals surface area (Å²) in [7, 11) is 0. The molecule has 3 saturated heterocycles. The molecular weight excluding hydrogens is 1310 g/mol. The fourth-order valence-corrected chi connectivity index (χ4v) is 13.2. The molecule has 13 rings (SSSR count). The number of ether oxygens (including phenoxy) is 15. The number of aliphatic hydroxyl groups is 1. The lowest BCUT2D eigenvalue weighted by Gasteiger charge is -2.48. The highest BCUT2D eigenvalue weighted by Crippen LogP contribution is 2.37. The van der Waals surface area contributed by atoms with Crippen molar-refractivity contribution in [1.82, 2.24) is 0 Å². The van der Waals surface area contributed by atoms with E-state index in [9.17, 15) is 5.11 Å². The maximum absolute atomic E-state index is 12.4. The minimum absolute atomic E-state index is 0.103. The van der Waals surface area contributed by atoms with Crippen molar-refractivity contribution in [2.24, 2.45) is 0 Å². The van der Waals surface area contributed by atoms with E-state index in [4.69, 9.17) is 71.1 Å². The monoisotopic (exact) mass is 1400 g/mol. The second-order valence-electron chi connectivity index (χ2n) is 26.2. The fraction of sp³-hybridized carbons (Fsp3) is 0.318. The summed E-state index contributed by atoms with van der Waals surface area (Å²) in [5, 5.41) is 12.4. The van der Waals surface area contributed by atoms with Gasteiger partial charge in [0.25, 0.3) is 0 Å². The molecule has 16 heteroatoms. The van der Waals surface area contributed by atoms with Crippen molar-refractivity contribution >= 4 is 0 Å². The number of rotatable bonds is 37. The minimum Gasteiger partial charge on any atom is -0.374 e. The van der Waals surface area contributed by atoms with Gasteiger partial charge in [0.1, 0.15) is 73.2 Å². The fourth-order valence-electron chi connectivity index (χ4n) is 13.2. The molecule has 3 aliphatic rings. The molecule has 104 heavy (non-hydrogen) atoms. The van der Waals surface area contributed by atoms with Crippen molar-refractivity contribution < 1.29 is 76.2 Å². The zero-order valence-electron chi connectivity index (χ0n) is 58.3. The molecule has 3 heterocycles. The summed E-state index contributed by atoms with van der Waals surface area (Å²) in [5.41, 5.74) is 9.33. The molecule has 1 N–H and O–H groups in total. The summed E-state index contributed by atoms with van der Waals surface area (Å²) < 4.78 is 106. The van der Waals surface area contributed by atoms with Crippen LogP contribution in [0.1, 0.15) is 55.6 Å². The second kappa shape index (κ2) is 39.6. The molecule has 0 bridgehead atoms. The summed E-state index contributed by atoms with van der Waals surface area (Å²) >= 11 is 0.